The maximum Gasteiger partial charge on any atom is 0.143 e. The van der Waals surface area contributed by atoms with Crippen LogP contribution < -0.4 is 4.90 Å². The number of anilines is 3. The van der Waals surface area contributed by atoms with Crippen LogP contribution in [0.4, 0.5) is 17.1 Å². The molecule has 2 heteroatoms. The van der Waals surface area contributed by atoms with E-state index in [1.54, 1.807) is 0 Å². The lowest BCUT2D eigenvalue weighted by molar-refractivity contribution is 0.660. The Labute approximate surface area is 310 Å². The van der Waals surface area contributed by atoms with Crippen molar-refractivity contribution in [2.45, 2.75) is 19.3 Å². The standard InChI is InChI=1S/C51H37NO/c1-51(2)47-19-11-9-17-42(47)43-30-29-41(33-48(43)51)52(39-15-7-4-8-16-39)40-27-25-37(26-28-40)45-31-38(32-46-44-18-10-12-20-49(44)53-50(45)46)36-23-21-35(22-24-36)34-13-5-3-6-14-34/h3-33H,1-2H3. The second kappa shape index (κ2) is 12.3. The molecule has 0 radical (unpaired) electrons. The molecule has 0 fully saturated rings. The number of nitrogens with zero attached hydrogens (tertiary/aromatic N) is 1. The predicted molar refractivity (Wildman–Crippen MR) is 222 cm³/mol. The third-order valence-electron chi connectivity index (χ3n) is 11.1. The largest absolute Gasteiger partial charge is 0.455 e. The van der Waals surface area contributed by atoms with Crippen LogP contribution in [0.3, 0.4) is 0 Å². The summed E-state index contributed by atoms with van der Waals surface area (Å²) in [6.45, 7) is 4.68. The quantitative estimate of drug-likeness (QED) is 0.174. The summed E-state index contributed by atoms with van der Waals surface area (Å²) in [6, 6.07) is 67.8. The minimum absolute atomic E-state index is 0.0843. The molecule has 1 aliphatic rings. The zero-order chi connectivity index (χ0) is 35.5. The number of fused-ring (bicyclic) bond motifs is 6. The van der Waals surface area contributed by atoms with E-state index in [1.165, 1.54) is 38.9 Å². The van der Waals surface area contributed by atoms with Gasteiger partial charge in [0.15, 0.2) is 0 Å². The van der Waals surface area contributed by atoms with Gasteiger partial charge in [-0.3, -0.25) is 0 Å². The molecular weight excluding hydrogens is 643 g/mol. The third-order valence-corrected chi connectivity index (χ3v) is 11.1. The fourth-order valence-electron chi connectivity index (χ4n) is 8.34. The highest BCUT2D eigenvalue weighted by Gasteiger charge is 2.35. The summed E-state index contributed by atoms with van der Waals surface area (Å²) in [4.78, 5) is 2.37. The normalized spacial score (nSPS) is 12.9. The Hall–Kier alpha value is -6.64. The summed E-state index contributed by atoms with van der Waals surface area (Å²) in [6.07, 6.45) is 0. The minimum Gasteiger partial charge on any atom is -0.455 e. The number of hydrogen-bond acceptors (Lipinski definition) is 2. The molecule has 53 heavy (non-hydrogen) atoms. The van der Waals surface area contributed by atoms with E-state index in [-0.39, 0.29) is 5.41 Å². The van der Waals surface area contributed by atoms with Gasteiger partial charge in [-0.05, 0) is 105 Å². The van der Waals surface area contributed by atoms with Crippen LogP contribution in [0, 0.1) is 0 Å². The van der Waals surface area contributed by atoms with Crippen LogP contribution in [-0.4, -0.2) is 0 Å². The van der Waals surface area contributed by atoms with Gasteiger partial charge in [0.1, 0.15) is 11.2 Å². The molecule has 9 aromatic rings. The van der Waals surface area contributed by atoms with E-state index in [0.29, 0.717) is 0 Å². The molecule has 0 N–H and O–H groups in total. The molecule has 0 spiro atoms. The molecule has 0 saturated carbocycles. The maximum absolute atomic E-state index is 6.60. The van der Waals surface area contributed by atoms with Gasteiger partial charge < -0.3 is 9.32 Å². The predicted octanol–water partition coefficient (Wildman–Crippen LogP) is 14.4. The van der Waals surface area contributed by atoms with Crippen LogP contribution in [0.2, 0.25) is 0 Å². The lowest BCUT2D eigenvalue weighted by Crippen LogP contribution is -2.16. The van der Waals surface area contributed by atoms with Gasteiger partial charge >= 0.3 is 0 Å². The fraction of sp³-hybridized carbons (Fsp3) is 0.0588. The Balaban J connectivity index is 1.08. The molecule has 0 saturated heterocycles. The van der Waals surface area contributed by atoms with Gasteiger partial charge in [-0.15, -0.1) is 0 Å². The smallest absolute Gasteiger partial charge is 0.143 e. The molecule has 252 valence electrons. The third kappa shape index (κ3) is 5.18. The topological polar surface area (TPSA) is 16.4 Å². The zero-order valence-corrected chi connectivity index (χ0v) is 29.8. The fourth-order valence-corrected chi connectivity index (χ4v) is 8.34. The van der Waals surface area contributed by atoms with E-state index < -0.39 is 0 Å². The Kier molecular flexibility index (Phi) is 7.19. The SMILES string of the molecule is CC1(C)c2ccccc2-c2ccc(N(c3ccccc3)c3ccc(-c4cc(-c5ccc(-c6ccccc6)cc5)cc5c4oc4ccccc45)cc3)cc21. The molecule has 8 aromatic carbocycles. The zero-order valence-electron chi connectivity index (χ0n) is 29.8. The number of para-hydroxylation sites is 2. The van der Waals surface area contributed by atoms with Gasteiger partial charge in [0, 0.05) is 38.8 Å². The lowest BCUT2D eigenvalue weighted by Gasteiger charge is -2.28. The highest BCUT2D eigenvalue weighted by atomic mass is 16.3. The molecule has 0 bridgehead atoms. The lowest BCUT2D eigenvalue weighted by atomic mass is 9.82. The molecule has 0 aliphatic heterocycles. The first-order valence-corrected chi connectivity index (χ1v) is 18.3. The molecule has 10 rings (SSSR count). The second-order valence-corrected chi connectivity index (χ2v) is 14.6. The number of benzene rings is 8. The van der Waals surface area contributed by atoms with Crippen molar-refractivity contribution >= 4 is 39.0 Å². The van der Waals surface area contributed by atoms with Crippen molar-refractivity contribution in [3.63, 3.8) is 0 Å². The molecule has 1 aliphatic carbocycles. The van der Waals surface area contributed by atoms with Gasteiger partial charge in [0.05, 0.1) is 0 Å². The van der Waals surface area contributed by atoms with Crippen molar-refractivity contribution in [2.75, 3.05) is 4.90 Å². The van der Waals surface area contributed by atoms with Crippen LogP contribution in [0.5, 0.6) is 0 Å². The van der Waals surface area contributed by atoms with Crippen molar-refractivity contribution in [1.82, 2.24) is 0 Å². The van der Waals surface area contributed by atoms with Crippen LogP contribution in [0.1, 0.15) is 25.0 Å². The Morgan fingerprint density at radius 3 is 1.72 bits per heavy atom. The molecule has 2 nitrogen and oxygen atoms in total. The monoisotopic (exact) mass is 679 g/mol. The molecule has 1 heterocycles. The number of rotatable bonds is 6. The van der Waals surface area contributed by atoms with E-state index in [0.717, 1.165) is 55.7 Å². The van der Waals surface area contributed by atoms with Crippen molar-refractivity contribution in [3.05, 3.63) is 199 Å². The van der Waals surface area contributed by atoms with Gasteiger partial charge in [0.2, 0.25) is 0 Å². The summed E-state index contributed by atoms with van der Waals surface area (Å²) >= 11 is 0. The van der Waals surface area contributed by atoms with Crippen LogP contribution in [0.25, 0.3) is 66.4 Å². The molecule has 0 amide bonds. The van der Waals surface area contributed by atoms with Gasteiger partial charge in [-0.25, -0.2) is 0 Å². The van der Waals surface area contributed by atoms with E-state index in [9.17, 15) is 0 Å². The average molecular weight is 680 g/mol. The number of furan rings is 1. The summed E-state index contributed by atoms with van der Waals surface area (Å²) < 4.78 is 6.60. The average Bonchev–Trinajstić information content (AvgIpc) is 3.70. The summed E-state index contributed by atoms with van der Waals surface area (Å²) in [5, 5.41) is 2.25. The van der Waals surface area contributed by atoms with E-state index >= 15 is 0 Å². The second-order valence-electron chi connectivity index (χ2n) is 14.6. The number of hydrogen-bond donors (Lipinski definition) is 0. The van der Waals surface area contributed by atoms with Gasteiger partial charge in [-0.1, -0.05) is 147 Å². The van der Waals surface area contributed by atoms with Crippen molar-refractivity contribution in [1.29, 1.82) is 0 Å². The Morgan fingerprint density at radius 1 is 0.377 bits per heavy atom. The molecule has 1 aromatic heterocycles. The van der Waals surface area contributed by atoms with Crippen molar-refractivity contribution in [2.24, 2.45) is 0 Å². The minimum atomic E-state index is -0.0843. The first-order valence-electron chi connectivity index (χ1n) is 18.3. The Bertz CT molecular complexity index is 2780. The van der Waals surface area contributed by atoms with Crippen LogP contribution in [-0.2, 0) is 5.41 Å². The highest BCUT2D eigenvalue weighted by Crippen LogP contribution is 2.51. The summed E-state index contributed by atoms with van der Waals surface area (Å²) in [5.41, 5.74) is 17.4. The van der Waals surface area contributed by atoms with Gasteiger partial charge in [0.25, 0.3) is 0 Å². The van der Waals surface area contributed by atoms with E-state index in [4.69, 9.17) is 4.42 Å². The Morgan fingerprint density at radius 2 is 0.943 bits per heavy atom. The van der Waals surface area contributed by atoms with Gasteiger partial charge in [-0.2, -0.15) is 0 Å². The first-order chi connectivity index (χ1) is 26.0. The van der Waals surface area contributed by atoms with Crippen LogP contribution in [0.15, 0.2) is 192 Å². The van der Waals surface area contributed by atoms with E-state index in [2.05, 4.69) is 201 Å². The molecular formula is C51H37NO. The molecule has 0 atom stereocenters. The van der Waals surface area contributed by atoms with Crippen molar-refractivity contribution in [3.8, 4) is 44.5 Å². The highest BCUT2D eigenvalue weighted by molar-refractivity contribution is 6.11. The first kappa shape index (κ1) is 31.1. The summed E-state index contributed by atoms with van der Waals surface area (Å²) in [5.74, 6) is 0. The maximum atomic E-state index is 6.60. The molecule has 0 unspecified atom stereocenters. The summed E-state index contributed by atoms with van der Waals surface area (Å²) in [7, 11) is 0. The van der Waals surface area contributed by atoms with E-state index in [1.807, 2.05) is 6.07 Å². The van der Waals surface area contributed by atoms with Crippen LogP contribution >= 0.6 is 0 Å². The van der Waals surface area contributed by atoms with Crippen molar-refractivity contribution < 1.29 is 4.42 Å².